The Morgan fingerprint density at radius 2 is 1.96 bits per heavy atom. The van der Waals surface area contributed by atoms with Gasteiger partial charge in [0.1, 0.15) is 11.3 Å². The molecule has 0 aliphatic carbocycles. The van der Waals surface area contributed by atoms with Gasteiger partial charge in [-0.05, 0) is 36.8 Å². The van der Waals surface area contributed by atoms with Gasteiger partial charge in [-0.2, -0.15) is 0 Å². The van der Waals surface area contributed by atoms with Gasteiger partial charge in [0.15, 0.2) is 18.2 Å². The highest BCUT2D eigenvalue weighted by molar-refractivity contribution is 5.81. The second-order valence-corrected chi connectivity index (χ2v) is 5.10. The summed E-state index contributed by atoms with van der Waals surface area (Å²) in [6, 6.07) is 11.9. The van der Waals surface area contributed by atoms with Gasteiger partial charge in [-0.1, -0.05) is 12.1 Å². The maximum atomic E-state index is 13.4. The van der Waals surface area contributed by atoms with Crippen LogP contribution in [-0.4, -0.2) is 12.6 Å². The molecular weight excluding hydrogens is 315 g/mol. The number of benzene rings is 2. The third-order valence-corrected chi connectivity index (χ3v) is 3.34. The number of carbonyl (C=O) groups is 1. The predicted octanol–water partition coefficient (Wildman–Crippen LogP) is 3.22. The first-order valence-corrected chi connectivity index (χ1v) is 7.15. The van der Waals surface area contributed by atoms with Crippen LogP contribution in [0.15, 0.2) is 57.7 Å². The van der Waals surface area contributed by atoms with Crippen LogP contribution in [0.5, 0.6) is 11.5 Å². The number of ether oxygens (including phenoxy) is 2. The number of esters is 1. The standard InChI is InChI=1S/C18H13FO5/c1-11-8-17(20)24-16-9-12(6-7-13(11)16)22-10-18(21)23-15-5-3-2-4-14(15)19/h2-9H,10H2,1H3. The summed E-state index contributed by atoms with van der Waals surface area (Å²) in [5.74, 6) is -1.20. The SMILES string of the molecule is Cc1cc(=O)oc2cc(OCC(=O)Oc3ccccc3F)ccc12. The third-order valence-electron chi connectivity index (χ3n) is 3.34. The minimum atomic E-state index is -0.745. The third kappa shape index (κ3) is 3.43. The van der Waals surface area contributed by atoms with Crippen LogP contribution in [0.3, 0.4) is 0 Å². The molecule has 0 amide bonds. The van der Waals surface area contributed by atoms with Gasteiger partial charge in [0.2, 0.25) is 0 Å². The van der Waals surface area contributed by atoms with Crippen molar-refractivity contribution in [3.8, 4) is 11.5 Å². The van der Waals surface area contributed by atoms with E-state index in [1.807, 2.05) is 0 Å². The molecule has 0 unspecified atom stereocenters. The molecule has 2 aromatic carbocycles. The Bertz CT molecular complexity index is 961. The molecule has 5 nitrogen and oxygen atoms in total. The average molecular weight is 328 g/mol. The van der Waals surface area contributed by atoms with Crippen LogP contribution < -0.4 is 15.1 Å². The second kappa shape index (κ2) is 6.54. The minimum Gasteiger partial charge on any atom is -0.482 e. The molecule has 0 aliphatic heterocycles. The molecule has 0 spiro atoms. The summed E-state index contributed by atoms with van der Waals surface area (Å²) in [7, 11) is 0. The van der Waals surface area contributed by atoms with Crippen LogP contribution in [0.4, 0.5) is 4.39 Å². The van der Waals surface area contributed by atoms with Gasteiger partial charge in [0.05, 0.1) is 0 Å². The molecule has 0 radical (unpaired) electrons. The lowest BCUT2D eigenvalue weighted by Crippen LogP contribution is -2.18. The number of hydrogen-bond acceptors (Lipinski definition) is 5. The van der Waals surface area contributed by atoms with E-state index in [1.54, 1.807) is 25.1 Å². The predicted molar refractivity (Wildman–Crippen MR) is 84.8 cm³/mol. The fourth-order valence-electron chi connectivity index (χ4n) is 2.22. The number of hydrogen-bond donors (Lipinski definition) is 0. The quantitative estimate of drug-likeness (QED) is 0.418. The number of halogens is 1. The van der Waals surface area contributed by atoms with Crippen LogP contribution in [0, 0.1) is 12.7 Å². The molecule has 1 heterocycles. The largest absolute Gasteiger partial charge is 0.482 e. The Hall–Kier alpha value is -3.15. The number of para-hydroxylation sites is 1. The van der Waals surface area contributed by atoms with Crippen molar-refractivity contribution in [2.24, 2.45) is 0 Å². The van der Waals surface area contributed by atoms with Crippen molar-refractivity contribution in [3.63, 3.8) is 0 Å². The Morgan fingerprint density at radius 1 is 1.17 bits per heavy atom. The van der Waals surface area contributed by atoms with Crippen molar-refractivity contribution in [1.82, 2.24) is 0 Å². The number of fused-ring (bicyclic) bond motifs is 1. The van der Waals surface area contributed by atoms with Gasteiger partial charge in [-0.15, -0.1) is 0 Å². The fourth-order valence-corrected chi connectivity index (χ4v) is 2.22. The van der Waals surface area contributed by atoms with E-state index in [0.717, 1.165) is 10.9 Å². The highest BCUT2D eigenvalue weighted by atomic mass is 19.1. The molecule has 0 N–H and O–H groups in total. The summed E-state index contributed by atoms with van der Waals surface area (Å²) < 4.78 is 28.7. The summed E-state index contributed by atoms with van der Waals surface area (Å²) >= 11 is 0. The summed E-state index contributed by atoms with van der Waals surface area (Å²) in [5, 5.41) is 0.774. The molecular formula is C18H13FO5. The van der Waals surface area contributed by atoms with Gasteiger partial charge in [0.25, 0.3) is 0 Å². The van der Waals surface area contributed by atoms with E-state index in [9.17, 15) is 14.0 Å². The van der Waals surface area contributed by atoms with Gasteiger partial charge in [-0.25, -0.2) is 14.0 Å². The van der Waals surface area contributed by atoms with Crippen LogP contribution in [-0.2, 0) is 4.79 Å². The zero-order chi connectivity index (χ0) is 17.1. The van der Waals surface area contributed by atoms with E-state index in [0.29, 0.717) is 11.3 Å². The van der Waals surface area contributed by atoms with Gasteiger partial charge in [0, 0.05) is 17.5 Å². The zero-order valence-electron chi connectivity index (χ0n) is 12.7. The van der Waals surface area contributed by atoms with E-state index in [4.69, 9.17) is 13.9 Å². The Morgan fingerprint density at radius 3 is 2.75 bits per heavy atom. The summed E-state index contributed by atoms with van der Waals surface area (Å²) in [6.45, 7) is 1.39. The monoisotopic (exact) mass is 328 g/mol. The Balaban J connectivity index is 1.70. The smallest absolute Gasteiger partial charge is 0.349 e. The van der Waals surface area contributed by atoms with Crippen molar-refractivity contribution in [1.29, 1.82) is 0 Å². The molecule has 3 aromatic rings. The lowest BCUT2D eigenvalue weighted by molar-refractivity contribution is -0.136. The number of carbonyl (C=O) groups excluding carboxylic acids is 1. The molecule has 0 fully saturated rings. The van der Waals surface area contributed by atoms with Crippen molar-refractivity contribution >= 4 is 16.9 Å². The Kier molecular flexibility index (Phi) is 4.29. The molecule has 6 heteroatoms. The van der Waals surface area contributed by atoms with Crippen LogP contribution >= 0.6 is 0 Å². The minimum absolute atomic E-state index is 0.161. The lowest BCUT2D eigenvalue weighted by atomic mass is 10.1. The van der Waals surface area contributed by atoms with E-state index in [1.165, 1.54) is 30.3 Å². The summed E-state index contributed by atoms with van der Waals surface area (Å²) in [4.78, 5) is 23.1. The van der Waals surface area contributed by atoms with E-state index in [-0.39, 0.29) is 5.75 Å². The first-order chi connectivity index (χ1) is 11.5. The normalized spacial score (nSPS) is 10.6. The molecule has 0 bridgehead atoms. The maximum Gasteiger partial charge on any atom is 0.349 e. The van der Waals surface area contributed by atoms with Crippen molar-refractivity contribution < 1.29 is 23.1 Å². The molecule has 1 aromatic heterocycles. The summed E-state index contributed by atoms with van der Waals surface area (Å²) in [5.41, 5.74) is 0.683. The van der Waals surface area contributed by atoms with E-state index in [2.05, 4.69) is 0 Å². The van der Waals surface area contributed by atoms with Crippen LogP contribution in [0.2, 0.25) is 0 Å². The molecule has 3 rings (SSSR count). The van der Waals surface area contributed by atoms with Gasteiger partial charge < -0.3 is 13.9 Å². The topological polar surface area (TPSA) is 65.7 Å². The van der Waals surface area contributed by atoms with Crippen molar-refractivity contribution in [3.05, 3.63) is 70.3 Å². The van der Waals surface area contributed by atoms with Gasteiger partial charge >= 0.3 is 11.6 Å². The molecule has 0 saturated heterocycles. The lowest BCUT2D eigenvalue weighted by Gasteiger charge is -2.08. The molecule has 0 saturated carbocycles. The van der Waals surface area contributed by atoms with E-state index < -0.39 is 24.0 Å². The highest BCUT2D eigenvalue weighted by Crippen LogP contribution is 2.22. The summed E-state index contributed by atoms with van der Waals surface area (Å²) in [6.07, 6.45) is 0. The maximum absolute atomic E-state index is 13.4. The molecule has 0 atom stereocenters. The average Bonchev–Trinajstić information content (AvgIpc) is 2.54. The van der Waals surface area contributed by atoms with Gasteiger partial charge in [-0.3, -0.25) is 0 Å². The van der Waals surface area contributed by atoms with Crippen LogP contribution in [0.25, 0.3) is 11.0 Å². The molecule has 0 aliphatic rings. The van der Waals surface area contributed by atoms with E-state index >= 15 is 0 Å². The second-order valence-electron chi connectivity index (χ2n) is 5.10. The first kappa shape index (κ1) is 15.7. The van der Waals surface area contributed by atoms with Crippen LogP contribution in [0.1, 0.15) is 5.56 Å². The number of aryl methyl sites for hydroxylation is 1. The zero-order valence-corrected chi connectivity index (χ0v) is 12.7. The van der Waals surface area contributed by atoms with Crippen molar-refractivity contribution in [2.75, 3.05) is 6.61 Å². The highest BCUT2D eigenvalue weighted by Gasteiger charge is 2.10. The van der Waals surface area contributed by atoms with Crippen molar-refractivity contribution in [2.45, 2.75) is 6.92 Å². The molecule has 122 valence electrons. The fraction of sp³-hybridized carbons (Fsp3) is 0.111. The molecule has 24 heavy (non-hydrogen) atoms. The first-order valence-electron chi connectivity index (χ1n) is 7.15. The number of rotatable bonds is 4. The Labute approximate surface area is 136 Å².